The lowest BCUT2D eigenvalue weighted by molar-refractivity contribution is 0.420. The van der Waals surface area contributed by atoms with Gasteiger partial charge >= 0.3 is 0 Å². The van der Waals surface area contributed by atoms with E-state index in [9.17, 15) is 8.42 Å². The minimum atomic E-state index is -3.13. The van der Waals surface area contributed by atoms with Crippen LogP contribution in [0.25, 0.3) is 11.1 Å². The maximum absolute atomic E-state index is 11.2. The highest BCUT2D eigenvalue weighted by Gasteiger charge is 2.07. The summed E-state index contributed by atoms with van der Waals surface area (Å²) in [4.78, 5) is 0.308. The van der Waals surface area contributed by atoms with Gasteiger partial charge in [-0.2, -0.15) is 0 Å². The fraction of sp³-hybridized carbons (Fsp3) is 0.357. The average molecular weight is 283 g/mol. The molecule has 2 aromatic rings. The Hall–Kier alpha value is -1.62. The Labute approximate surface area is 115 Å². The summed E-state index contributed by atoms with van der Waals surface area (Å²) >= 11 is 0. The van der Waals surface area contributed by atoms with Crippen LogP contribution in [0, 0.1) is 0 Å². The number of nitrogens with zero attached hydrogens (tertiary/aromatic N) is 1. The third-order valence-corrected chi connectivity index (χ3v) is 3.18. The van der Waals surface area contributed by atoms with E-state index in [0.717, 1.165) is 11.1 Å². The fourth-order valence-electron chi connectivity index (χ4n) is 1.24. The van der Waals surface area contributed by atoms with Crippen LogP contribution in [0.3, 0.4) is 0 Å². The molecule has 0 N–H and O–H groups in total. The van der Waals surface area contributed by atoms with Crippen LogP contribution in [0.1, 0.15) is 27.7 Å². The summed E-state index contributed by atoms with van der Waals surface area (Å²) in [6.07, 6.45) is 4.27. The number of sulfone groups is 1. The quantitative estimate of drug-likeness (QED) is 0.841. The number of rotatable bonds is 2. The predicted octanol–water partition coefficient (Wildman–Crippen LogP) is 3.80. The lowest BCUT2D eigenvalue weighted by atomic mass is 10.1. The second-order valence-electron chi connectivity index (χ2n) is 3.21. The molecule has 1 aromatic carbocycles. The van der Waals surface area contributed by atoms with Gasteiger partial charge in [-0.15, -0.1) is 0 Å². The van der Waals surface area contributed by atoms with Crippen molar-refractivity contribution in [1.29, 1.82) is 0 Å². The Balaban J connectivity index is 0.000000741. The number of benzene rings is 1. The van der Waals surface area contributed by atoms with Crippen molar-refractivity contribution in [3.63, 3.8) is 0 Å². The molecule has 0 aliphatic carbocycles. The molecule has 0 spiro atoms. The van der Waals surface area contributed by atoms with Gasteiger partial charge in [-0.05, 0) is 17.7 Å². The van der Waals surface area contributed by atoms with Crippen molar-refractivity contribution >= 4 is 9.84 Å². The second-order valence-corrected chi connectivity index (χ2v) is 5.23. The molecule has 1 heterocycles. The first-order valence-corrected chi connectivity index (χ1v) is 8.16. The Morgan fingerprint density at radius 3 is 1.84 bits per heavy atom. The normalized spacial score (nSPS) is 9.74. The largest absolute Gasteiger partial charge is 0.364 e. The van der Waals surface area contributed by atoms with Crippen LogP contribution in [0.5, 0.6) is 0 Å². The zero-order valence-corrected chi connectivity index (χ0v) is 12.9. The summed E-state index contributed by atoms with van der Waals surface area (Å²) in [6.45, 7) is 8.00. The van der Waals surface area contributed by atoms with E-state index in [4.69, 9.17) is 4.52 Å². The van der Waals surface area contributed by atoms with Crippen LogP contribution in [0.4, 0.5) is 0 Å². The van der Waals surface area contributed by atoms with Gasteiger partial charge in [0.05, 0.1) is 11.1 Å². The van der Waals surface area contributed by atoms with Gasteiger partial charge in [0.25, 0.3) is 0 Å². The molecular formula is C14H21NO3S. The maximum Gasteiger partial charge on any atom is 0.175 e. The van der Waals surface area contributed by atoms with E-state index in [1.807, 2.05) is 27.7 Å². The van der Waals surface area contributed by atoms with E-state index >= 15 is 0 Å². The zero-order valence-electron chi connectivity index (χ0n) is 12.0. The van der Waals surface area contributed by atoms with Gasteiger partial charge in [-0.1, -0.05) is 45.0 Å². The molecular weight excluding hydrogens is 262 g/mol. The molecule has 0 saturated heterocycles. The fourth-order valence-corrected chi connectivity index (χ4v) is 1.87. The molecule has 5 heteroatoms. The molecule has 0 atom stereocenters. The third kappa shape index (κ3) is 5.26. The third-order valence-electron chi connectivity index (χ3n) is 2.05. The van der Waals surface area contributed by atoms with Gasteiger partial charge in [-0.3, -0.25) is 0 Å². The van der Waals surface area contributed by atoms with Crippen molar-refractivity contribution in [3.05, 3.63) is 36.7 Å². The van der Waals surface area contributed by atoms with E-state index in [1.54, 1.807) is 30.5 Å². The lowest BCUT2D eigenvalue weighted by Crippen LogP contribution is -1.95. The van der Waals surface area contributed by atoms with Crippen molar-refractivity contribution in [3.8, 4) is 11.1 Å². The van der Waals surface area contributed by atoms with Crippen molar-refractivity contribution in [2.75, 3.05) is 6.26 Å². The number of aromatic nitrogens is 1. The molecule has 2 rings (SSSR count). The molecule has 0 amide bonds. The SMILES string of the molecule is CC.CC.CS(=O)(=O)c1ccc(-c2cnoc2)cc1. The molecule has 106 valence electrons. The summed E-state index contributed by atoms with van der Waals surface area (Å²) in [5.41, 5.74) is 1.71. The monoisotopic (exact) mass is 283 g/mol. The summed E-state index contributed by atoms with van der Waals surface area (Å²) in [7, 11) is -3.13. The van der Waals surface area contributed by atoms with Gasteiger partial charge in [0, 0.05) is 11.8 Å². The zero-order chi connectivity index (χ0) is 14.9. The van der Waals surface area contributed by atoms with E-state index in [2.05, 4.69) is 5.16 Å². The average Bonchev–Trinajstić information content (AvgIpc) is 2.96. The summed E-state index contributed by atoms with van der Waals surface area (Å²) in [5, 5.41) is 3.58. The Morgan fingerprint density at radius 2 is 1.47 bits per heavy atom. The van der Waals surface area contributed by atoms with E-state index in [-0.39, 0.29) is 0 Å². The standard InChI is InChI=1S/C10H9NO3S.2C2H6/c1-15(12,13)10-4-2-8(3-5-10)9-6-11-14-7-9;2*1-2/h2-7H,1H3;2*1-2H3. The number of hydrogen-bond acceptors (Lipinski definition) is 4. The minimum absolute atomic E-state index is 0.308. The van der Waals surface area contributed by atoms with Gasteiger partial charge in [0.2, 0.25) is 0 Å². The Kier molecular flexibility index (Phi) is 7.75. The molecule has 0 aliphatic rings. The van der Waals surface area contributed by atoms with E-state index in [0.29, 0.717) is 4.90 Å². The van der Waals surface area contributed by atoms with Crippen LogP contribution >= 0.6 is 0 Å². The van der Waals surface area contributed by atoms with Gasteiger partial charge in [0.15, 0.2) is 9.84 Å². The van der Waals surface area contributed by atoms with E-state index in [1.165, 1.54) is 12.5 Å². The molecule has 0 saturated carbocycles. The van der Waals surface area contributed by atoms with Crippen LogP contribution in [0.2, 0.25) is 0 Å². The molecule has 4 nitrogen and oxygen atoms in total. The highest BCUT2D eigenvalue weighted by Crippen LogP contribution is 2.20. The van der Waals surface area contributed by atoms with Crippen LogP contribution in [-0.2, 0) is 9.84 Å². The molecule has 0 aliphatic heterocycles. The highest BCUT2D eigenvalue weighted by atomic mass is 32.2. The molecule has 1 aromatic heterocycles. The molecule has 0 radical (unpaired) electrons. The van der Waals surface area contributed by atoms with Crippen molar-refractivity contribution in [1.82, 2.24) is 5.16 Å². The highest BCUT2D eigenvalue weighted by molar-refractivity contribution is 7.90. The second kappa shape index (κ2) is 8.48. The molecule has 0 bridgehead atoms. The van der Waals surface area contributed by atoms with Crippen LogP contribution in [-0.4, -0.2) is 19.8 Å². The molecule has 0 fully saturated rings. The summed E-state index contributed by atoms with van der Waals surface area (Å²) < 4.78 is 27.1. The van der Waals surface area contributed by atoms with Crippen molar-refractivity contribution in [2.24, 2.45) is 0 Å². The maximum atomic E-state index is 11.2. The topological polar surface area (TPSA) is 60.2 Å². The van der Waals surface area contributed by atoms with Crippen molar-refractivity contribution < 1.29 is 12.9 Å². The van der Waals surface area contributed by atoms with E-state index < -0.39 is 9.84 Å². The van der Waals surface area contributed by atoms with Crippen LogP contribution < -0.4 is 0 Å². The molecule has 0 unspecified atom stereocenters. The first kappa shape index (κ1) is 17.4. The van der Waals surface area contributed by atoms with Crippen LogP contribution in [0.15, 0.2) is 46.1 Å². The predicted molar refractivity (Wildman–Crippen MR) is 77.7 cm³/mol. The molecule has 19 heavy (non-hydrogen) atoms. The van der Waals surface area contributed by atoms with Gasteiger partial charge < -0.3 is 4.52 Å². The summed E-state index contributed by atoms with van der Waals surface area (Å²) in [5.74, 6) is 0. The van der Waals surface area contributed by atoms with Gasteiger partial charge in [-0.25, -0.2) is 8.42 Å². The first-order valence-electron chi connectivity index (χ1n) is 6.27. The lowest BCUT2D eigenvalue weighted by Gasteiger charge is -1.99. The first-order chi connectivity index (χ1) is 9.07. The Morgan fingerprint density at radius 1 is 0.947 bits per heavy atom. The van der Waals surface area contributed by atoms with Gasteiger partial charge in [0.1, 0.15) is 6.26 Å². The minimum Gasteiger partial charge on any atom is -0.364 e. The number of hydrogen-bond donors (Lipinski definition) is 0. The summed E-state index contributed by atoms with van der Waals surface area (Å²) in [6, 6.07) is 6.58. The Bertz CT molecular complexity index is 543. The smallest absolute Gasteiger partial charge is 0.175 e. The van der Waals surface area contributed by atoms with Crippen molar-refractivity contribution in [2.45, 2.75) is 32.6 Å².